The maximum absolute atomic E-state index is 12.0. The Labute approximate surface area is 129 Å². The molecule has 3 nitrogen and oxygen atoms in total. The molecule has 1 heterocycles. The number of fused-ring (bicyclic) bond motifs is 1. The van der Waals surface area contributed by atoms with Gasteiger partial charge in [0.05, 0.1) is 0 Å². The standard InChI is InChI=1S/C19H17N2O/c1-2-10-20-19(22)15-7-5-6-14(11-15)12-16-13-21-18-9-4-3-8-17(16)18/h2-5,7-9,11,13,21H,1,10,12H2,(H,20,22). The first-order valence-electron chi connectivity index (χ1n) is 7.22. The first-order valence-corrected chi connectivity index (χ1v) is 7.22. The van der Waals surface area contributed by atoms with Crippen LogP contribution in [0.2, 0.25) is 0 Å². The molecule has 0 atom stereocenters. The second-order valence-electron chi connectivity index (χ2n) is 5.14. The van der Waals surface area contributed by atoms with Crippen molar-refractivity contribution in [2.24, 2.45) is 0 Å². The highest BCUT2D eigenvalue weighted by Gasteiger charge is 2.08. The van der Waals surface area contributed by atoms with E-state index in [1.54, 1.807) is 18.2 Å². The van der Waals surface area contributed by atoms with E-state index in [-0.39, 0.29) is 5.91 Å². The van der Waals surface area contributed by atoms with Crippen LogP contribution in [0, 0.1) is 6.07 Å². The van der Waals surface area contributed by atoms with Crippen LogP contribution in [0.25, 0.3) is 10.9 Å². The quantitative estimate of drug-likeness (QED) is 0.694. The Hall–Kier alpha value is -2.81. The number of carbonyl (C=O) groups is 1. The van der Waals surface area contributed by atoms with E-state index < -0.39 is 0 Å². The summed E-state index contributed by atoms with van der Waals surface area (Å²) >= 11 is 0. The molecule has 1 radical (unpaired) electrons. The van der Waals surface area contributed by atoms with Crippen LogP contribution >= 0.6 is 0 Å². The van der Waals surface area contributed by atoms with Gasteiger partial charge >= 0.3 is 0 Å². The number of rotatable bonds is 5. The molecule has 3 heteroatoms. The lowest BCUT2D eigenvalue weighted by Gasteiger charge is -2.05. The van der Waals surface area contributed by atoms with Crippen LogP contribution in [0.1, 0.15) is 21.5 Å². The Morgan fingerprint density at radius 3 is 3.05 bits per heavy atom. The highest BCUT2D eigenvalue weighted by Crippen LogP contribution is 2.21. The van der Waals surface area contributed by atoms with Crippen LogP contribution in [-0.4, -0.2) is 17.4 Å². The van der Waals surface area contributed by atoms with Gasteiger partial charge in [-0.2, -0.15) is 0 Å². The predicted octanol–water partition coefficient (Wildman–Crippen LogP) is 3.47. The minimum atomic E-state index is -0.0888. The summed E-state index contributed by atoms with van der Waals surface area (Å²) in [7, 11) is 0. The monoisotopic (exact) mass is 289 g/mol. The molecule has 0 fully saturated rings. The molecule has 0 saturated carbocycles. The summed E-state index contributed by atoms with van der Waals surface area (Å²) in [6, 6.07) is 16.9. The summed E-state index contributed by atoms with van der Waals surface area (Å²) in [4.78, 5) is 15.3. The van der Waals surface area contributed by atoms with E-state index in [4.69, 9.17) is 0 Å². The van der Waals surface area contributed by atoms with Gasteiger partial charge in [0.15, 0.2) is 0 Å². The summed E-state index contributed by atoms with van der Waals surface area (Å²) in [5, 5.41) is 3.99. The van der Waals surface area contributed by atoms with Gasteiger partial charge in [-0.1, -0.05) is 30.3 Å². The van der Waals surface area contributed by atoms with Crippen LogP contribution < -0.4 is 5.32 Å². The van der Waals surface area contributed by atoms with Crippen molar-refractivity contribution in [2.75, 3.05) is 6.54 Å². The average molecular weight is 289 g/mol. The van der Waals surface area contributed by atoms with Gasteiger partial charge in [0, 0.05) is 35.6 Å². The Morgan fingerprint density at radius 1 is 1.32 bits per heavy atom. The Kier molecular flexibility index (Phi) is 4.05. The van der Waals surface area contributed by atoms with E-state index in [0.29, 0.717) is 12.1 Å². The molecular weight excluding hydrogens is 272 g/mol. The van der Waals surface area contributed by atoms with Crippen LogP contribution in [0.4, 0.5) is 0 Å². The third-order valence-corrected chi connectivity index (χ3v) is 3.59. The largest absolute Gasteiger partial charge is 0.361 e. The lowest BCUT2D eigenvalue weighted by Crippen LogP contribution is -2.23. The fourth-order valence-corrected chi connectivity index (χ4v) is 2.51. The molecule has 1 aromatic heterocycles. The molecule has 0 spiro atoms. The van der Waals surface area contributed by atoms with Gasteiger partial charge in [0.25, 0.3) is 5.91 Å². The van der Waals surface area contributed by atoms with Gasteiger partial charge in [-0.15, -0.1) is 6.58 Å². The zero-order valence-electron chi connectivity index (χ0n) is 12.2. The van der Waals surface area contributed by atoms with E-state index in [1.165, 1.54) is 10.9 Å². The molecule has 0 aliphatic carbocycles. The molecule has 22 heavy (non-hydrogen) atoms. The topological polar surface area (TPSA) is 44.9 Å². The summed E-state index contributed by atoms with van der Waals surface area (Å²) in [5.41, 5.74) is 3.97. The van der Waals surface area contributed by atoms with Crippen LogP contribution in [0.3, 0.4) is 0 Å². The molecule has 2 aromatic carbocycles. The number of aromatic amines is 1. The van der Waals surface area contributed by atoms with Crippen molar-refractivity contribution in [2.45, 2.75) is 6.42 Å². The highest BCUT2D eigenvalue weighted by atomic mass is 16.1. The lowest BCUT2D eigenvalue weighted by molar-refractivity contribution is 0.0958. The molecule has 0 saturated heterocycles. The Morgan fingerprint density at radius 2 is 2.18 bits per heavy atom. The first kappa shape index (κ1) is 14.1. The number of para-hydroxylation sites is 1. The molecular formula is C19H17N2O. The number of aromatic nitrogens is 1. The summed E-state index contributed by atoms with van der Waals surface area (Å²) in [6.07, 6.45) is 4.43. The van der Waals surface area contributed by atoms with Crippen molar-refractivity contribution >= 4 is 16.8 Å². The van der Waals surface area contributed by atoms with Crippen molar-refractivity contribution in [3.8, 4) is 0 Å². The highest BCUT2D eigenvalue weighted by molar-refractivity contribution is 5.94. The molecule has 3 rings (SSSR count). The number of carbonyl (C=O) groups excluding carboxylic acids is 1. The van der Waals surface area contributed by atoms with Gasteiger partial charge in [0.2, 0.25) is 0 Å². The molecule has 0 aliphatic heterocycles. The van der Waals surface area contributed by atoms with E-state index in [1.807, 2.05) is 24.4 Å². The zero-order valence-corrected chi connectivity index (χ0v) is 12.2. The zero-order chi connectivity index (χ0) is 15.4. The van der Waals surface area contributed by atoms with E-state index in [0.717, 1.165) is 17.5 Å². The van der Waals surface area contributed by atoms with Gasteiger partial charge in [-0.25, -0.2) is 0 Å². The van der Waals surface area contributed by atoms with Crippen molar-refractivity contribution in [1.29, 1.82) is 0 Å². The number of hydrogen-bond donors (Lipinski definition) is 2. The van der Waals surface area contributed by atoms with Crippen LogP contribution in [0.5, 0.6) is 0 Å². The Bertz CT molecular complexity index is 817. The summed E-state index contributed by atoms with van der Waals surface area (Å²) in [6.45, 7) is 4.07. The molecule has 0 unspecified atom stereocenters. The number of benzene rings is 2. The van der Waals surface area contributed by atoms with Gasteiger partial charge < -0.3 is 10.3 Å². The molecule has 0 bridgehead atoms. The van der Waals surface area contributed by atoms with Gasteiger partial charge in [-0.3, -0.25) is 4.79 Å². The first-order chi connectivity index (χ1) is 10.8. The van der Waals surface area contributed by atoms with E-state index in [2.05, 4.69) is 35.1 Å². The van der Waals surface area contributed by atoms with Crippen molar-refractivity contribution in [3.63, 3.8) is 0 Å². The minimum Gasteiger partial charge on any atom is -0.361 e. The molecule has 0 aliphatic rings. The molecule has 3 aromatic rings. The smallest absolute Gasteiger partial charge is 0.251 e. The molecule has 2 N–H and O–H groups in total. The van der Waals surface area contributed by atoms with Gasteiger partial charge in [0.1, 0.15) is 0 Å². The maximum Gasteiger partial charge on any atom is 0.251 e. The van der Waals surface area contributed by atoms with Crippen LogP contribution in [-0.2, 0) is 6.42 Å². The van der Waals surface area contributed by atoms with E-state index in [9.17, 15) is 4.79 Å². The summed E-state index contributed by atoms with van der Waals surface area (Å²) in [5.74, 6) is -0.0888. The fourth-order valence-electron chi connectivity index (χ4n) is 2.51. The second-order valence-corrected chi connectivity index (χ2v) is 5.14. The summed E-state index contributed by atoms with van der Waals surface area (Å²) < 4.78 is 0. The fraction of sp³-hybridized carbons (Fsp3) is 0.105. The normalized spacial score (nSPS) is 10.5. The van der Waals surface area contributed by atoms with Crippen molar-refractivity contribution < 1.29 is 4.79 Å². The number of hydrogen-bond acceptors (Lipinski definition) is 1. The van der Waals surface area contributed by atoms with Crippen LogP contribution in [0.15, 0.2) is 61.3 Å². The Balaban J connectivity index is 1.83. The minimum absolute atomic E-state index is 0.0888. The SMILES string of the molecule is C=CCNC(=O)c1cc[c]c(Cc2c[nH]c3ccccc23)c1. The van der Waals surface area contributed by atoms with E-state index >= 15 is 0 Å². The number of H-pyrrole nitrogens is 1. The van der Waals surface area contributed by atoms with Crippen molar-refractivity contribution in [1.82, 2.24) is 10.3 Å². The number of amides is 1. The van der Waals surface area contributed by atoms with Crippen molar-refractivity contribution in [3.05, 3.63) is 84.1 Å². The molecule has 109 valence electrons. The predicted molar refractivity (Wildman–Crippen MR) is 88.9 cm³/mol. The molecule has 1 amide bonds. The third kappa shape index (κ3) is 2.93. The lowest BCUT2D eigenvalue weighted by atomic mass is 10.0. The van der Waals surface area contributed by atoms with Gasteiger partial charge in [-0.05, 0) is 35.4 Å². The third-order valence-electron chi connectivity index (χ3n) is 3.59. The average Bonchev–Trinajstić information content (AvgIpc) is 2.96. The number of nitrogens with one attached hydrogen (secondary N) is 2. The second kappa shape index (κ2) is 6.31. The maximum atomic E-state index is 12.0.